The second kappa shape index (κ2) is 4.91. The maximum absolute atomic E-state index is 12.3. The van der Waals surface area contributed by atoms with E-state index in [9.17, 15) is 8.78 Å². The summed E-state index contributed by atoms with van der Waals surface area (Å²) in [5.41, 5.74) is 0. The van der Waals surface area contributed by atoms with Crippen LogP contribution >= 0.6 is 0 Å². The van der Waals surface area contributed by atoms with Crippen molar-refractivity contribution in [2.45, 2.75) is 19.9 Å². The molecule has 1 rings (SSSR count). The Labute approximate surface area is 75.8 Å². The molecule has 0 fully saturated rings. The molecule has 0 aliphatic rings. The normalized spacial score (nSPS) is 11.1. The van der Waals surface area contributed by atoms with Gasteiger partial charge >= 0.3 is 6.55 Å². The van der Waals surface area contributed by atoms with Gasteiger partial charge in [0.25, 0.3) is 0 Å². The predicted molar refractivity (Wildman–Crippen MR) is 45.7 cm³/mol. The van der Waals surface area contributed by atoms with Crippen LogP contribution in [0.3, 0.4) is 0 Å². The van der Waals surface area contributed by atoms with Gasteiger partial charge in [-0.2, -0.15) is 8.78 Å². The molecule has 0 spiro atoms. The molecule has 0 unspecified atom stereocenters. The molecule has 0 bridgehead atoms. The number of nitrogens with one attached hydrogen (secondary N) is 1. The van der Waals surface area contributed by atoms with E-state index in [1.165, 1.54) is 12.4 Å². The Balaban J connectivity index is 2.50. The van der Waals surface area contributed by atoms with E-state index in [4.69, 9.17) is 0 Å². The quantitative estimate of drug-likeness (QED) is 0.710. The van der Waals surface area contributed by atoms with Crippen molar-refractivity contribution in [2.75, 3.05) is 13.1 Å². The largest absolute Gasteiger partial charge is 0.319 e. The number of likely N-dealkylation sites (N-methyl/N-ethyl adjacent to an activating group) is 1. The Bertz CT molecular complexity index is 247. The van der Waals surface area contributed by atoms with Crippen LogP contribution in [0.1, 0.15) is 19.3 Å². The van der Waals surface area contributed by atoms with Gasteiger partial charge in [-0.15, -0.1) is 0 Å². The molecule has 1 aromatic heterocycles. The summed E-state index contributed by atoms with van der Waals surface area (Å²) in [5, 5.41) is 3.05. The van der Waals surface area contributed by atoms with Crippen molar-refractivity contribution in [3.05, 3.63) is 18.2 Å². The number of rotatable bonds is 5. The summed E-state index contributed by atoms with van der Waals surface area (Å²) >= 11 is 0. The molecule has 1 aromatic rings. The van der Waals surface area contributed by atoms with Gasteiger partial charge in [-0.1, -0.05) is 6.92 Å². The van der Waals surface area contributed by atoms with Crippen LogP contribution in [0.15, 0.2) is 12.4 Å². The number of halogens is 2. The topological polar surface area (TPSA) is 29.9 Å². The van der Waals surface area contributed by atoms with Crippen molar-refractivity contribution >= 4 is 0 Å². The first-order valence-corrected chi connectivity index (χ1v) is 4.26. The average Bonchev–Trinajstić information content (AvgIpc) is 2.53. The van der Waals surface area contributed by atoms with E-state index in [0.717, 1.165) is 11.1 Å². The minimum atomic E-state index is -2.49. The molecule has 5 heteroatoms. The molecule has 0 aliphatic heterocycles. The van der Waals surface area contributed by atoms with Crippen LogP contribution in [0.5, 0.6) is 0 Å². The van der Waals surface area contributed by atoms with Gasteiger partial charge in [0, 0.05) is 25.4 Å². The molecular weight excluding hydrogens is 176 g/mol. The number of alkyl halides is 2. The minimum absolute atomic E-state index is 0.427. The number of nitrogens with zero attached hydrogens (tertiary/aromatic N) is 2. The fraction of sp³-hybridized carbons (Fsp3) is 0.625. The highest BCUT2D eigenvalue weighted by molar-refractivity contribution is 4.93. The van der Waals surface area contributed by atoms with E-state index < -0.39 is 6.55 Å². The van der Waals surface area contributed by atoms with Crippen molar-refractivity contribution < 1.29 is 8.78 Å². The smallest absolute Gasteiger partial charge is 0.317 e. The zero-order valence-corrected chi connectivity index (χ0v) is 7.50. The Morgan fingerprint density at radius 1 is 1.62 bits per heavy atom. The molecule has 1 heterocycles. The van der Waals surface area contributed by atoms with Gasteiger partial charge in [0.05, 0.1) is 0 Å². The van der Waals surface area contributed by atoms with Gasteiger partial charge in [-0.3, -0.25) is 4.57 Å². The first-order valence-electron chi connectivity index (χ1n) is 4.26. The van der Waals surface area contributed by atoms with Gasteiger partial charge < -0.3 is 5.32 Å². The maximum Gasteiger partial charge on any atom is 0.319 e. The summed E-state index contributed by atoms with van der Waals surface area (Å²) in [6.07, 6.45) is 3.23. The highest BCUT2D eigenvalue weighted by Gasteiger charge is 2.09. The van der Waals surface area contributed by atoms with E-state index in [2.05, 4.69) is 10.3 Å². The van der Waals surface area contributed by atoms with Crippen molar-refractivity contribution in [1.29, 1.82) is 0 Å². The molecule has 0 aliphatic carbocycles. The van der Waals surface area contributed by atoms with Gasteiger partial charge in [0.2, 0.25) is 0 Å². The van der Waals surface area contributed by atoms with Crippen LogP contribution in [-0.4, -0.2) is 22.6 Å². The third-order valence-corrected chi connectivity index (χ3v) is 1.73. The van der Waals surface area contributed by atoms with Crippen LogP contribution in [-0.2, 0) is 6.42 Å². The van der Waals surface area contributed by atoms with E-state index in [1.807, 2.05) is 6.92 Å². The van der Waals surface area contributed by atoms with E-state index in [-0.39, 0.29) is 0 Å². The molecule has 74 valence electrons. The zero-order chi connectivity index (χ0) is 9.68. The first kappa shape index (κ1) is 10.1. The van der Waals surface area contributed by atoms with Crippen LogP contribution in [0, 0.1) is 0 Å². The van der Waals surface area contributed by atoms with Crippen molar-refractivity contribution in [1.82, 2.24) is 14.9 Å². The number of aromatic nitrogens is 2. The van der Waals surface area contributed by atoms with Crippen LogP contribution in [0.25, 0.3) is 0 Å². The van der Waals surface area contributed by atoms with E-state index in [1.54, 1.807) is 0 Å². The second-order valence-electron chi connectivity index (χ2n) is 2.63. The zero-order valence-electron chi connectivity index (χ0n) is 7.50. The summed E-state index contributed by atoms with van der Waals surface area (Å²) in [4.78, 5) is 3.85. The van der Waals surface area contributed by atoms with Gasteiger partial charge in [0.1, 0.15) is 5.82 Å². The lowest BCUT2D eigenvalue weighted by atomic mass is 10.4. The SMILES string of the molecule is CCNCCc1nccn1C(F)F. The Morgan fingerprint density at radius 2 is 2.38 bits per heavy atom. The fourth-order valence-electron chi connectivity index (χ4n) is 1.09. The van der Waals surface area contributed by atoms with Gasteiger partial charge in [-0.05, 0) is 6.54 Å². The molecule has 1 N–H and O–H groups in total. The number of hydrogen-bond donors (Lipinski definition) is 1. The summed E-state index contributed by atoms with van der Waals surface area (Å²) in [6.45, 7) is 1.01. The fourth-order valence-corrected chi connectivity index (χ4v) is 1.09. The third kappa shape index (κ3) is 2.77. The summed E-state index contributed by atoms with van der Waals surface area (Å²) in [5.74, 6) is 0.427. The van der Waals surface area contributed by atoms with Crippen LogP contribution in [0.2, 0.25) is 0 Å². The lowest BCUT2D eigenvalue weighted by molar-refractivity contribution is 0.0670. The van der Waals surface area contributed by atoms with E-state index in [0.29, 0.717) is 18.8 Å². The summed E-state index contributed by atoms with van der Waals surface area (Å²) < 4.78 is 25.4. The van der Waals surface area contributed by atoms with Crippen LogP contribution in [0.4, 0.5) is 8.78 Å². The molecule has 0 aromatic carbocycles. The molecule has 0 atom stereocenters. The Morgan fingerprint density at radius 3 is 3.00 bits per heavy atom. The third-order valence-electron chi connectivity index (χ3n) is 1.73. The van der Waals surface area contributed by atoms with Gasteiger partial charge in [0.15, 0.2) is 0 Å². The highest BCUT2D eigenvalue weighted by atomic mass is 19.3. The van der Waals surface area contributed by atoms with Crippen molar-refractivity contribution in [3.8, 4) is 0 Å². The Hall–Kier alpha value is -0.970. The monoisotopic (exact) mass is 189 g/mol. The highest BCUT2D eigenvalue weighted by Crippen LogP contribution is 2.12. The first-order chi connectivity index (χ1) is 6.25. The second-order valence-corrected chi connectivity index (χ2v) is 2.63. The molecule has 0 radical (unpaired) electrons. The summed E-state index contributed by atoms with van der Waals surface area (Å²) in [6, 6.07) is 0. The molecule has 0 saturated carbocycles. The summed E-state index contributed by atoms with van der Waals surface area (Å²) in [7, 11) is 0. The Kier molecular flexibility index (Phi) is 3.82. The molecular formula is C8H13F2N3. The maximum atomic E-state index is 12.3. The van der Waals surface area contributed by atoms with E-state index >= 15 is 0 Å². The average molecular weight is 189 g/mol. The lowest BCUT2D eigenvalue weighted by Crippen LogP contribution is -2.18. The number of imidazole rings is 1. The van der Waals surface area contributed by atoms with Crippen molar-refractivity contribution in [2.24, 2.45) is 0 Å². The predicted octanol–water partition coefficient (Wildman–Crippen LogP) is 1.43. The molecule has 13 heavy (non-hydrogen) atoms. The molecule has 0 saturated heterocycles. The van der Waals surface area contributed by atoms with Crippen LogP contribution < -0.4 is 5.32 Å². The standard InChI is InChI=1S/C8H13F2N3/c1-2-11-4-3-7-12-5-6-13(7)8(9)10/h5-6,8,11H,2-4H2,1H3. The van der Waals surface area contributed by atoms with Crippen molar-refractivity contribution in [3.63, 3.8) is 0 Å². The molecule has 3 nitrogen and oxygen atoms in total. The van der Waals surface area contributed by atoms with Gasteiger partial charge in [-0.25, -0.2) is 4.98 Å². The lowest BCUT2D eigenvalue weighted by Gasteiger charge is -2.05. The number of hydrogen-bond acceptors (Lipinski definition) is 2. The molecule has 0 amide bonds. The minimum Gasteiger partial charge on any atom is -0.317 e.